The van der Waals surface area contributed by atoms with E-state index in [-0.39, 0.29) is 5.78 Å². The summed E-state index contributed by atoms with van der Waals surface area (Å²) in [4.78, 5) is 15.9. The van der Waals surface area contributed by atoms with Gasteiger partial charge in [-0.05, 0) is 35.9 Å². The van der Waals surface area contributed by atoms with Gasteiger partial charge in [0.05, 0.1) is 12.7 Å². The van der Waals surface area contributed by atoms with E-state index in [0.29, 0.717) is 11.3 Å². The third-order valence-corrected chi connectivity index (χ3v) is 2.51. The molecule has 3 heteroatoms. The van der Waals surface area contributed by atoms with Crippen molar-refractivity contribution in [2.24, 2.45) is 0 Å². The first-order valence-corrected chi connectivity index (χ1v) is 5.56. The first-order chi connectivity index (χ1) is 8.81. The molecule has 0 bridgehead atoms. The highest BCUT2D eigenvalue weighted by Crippen LogP contribution is 2.18. The molecule has 0 unspecified atom stereocenters. The van der Waals surface area contributed by atoms with Crippen LogP contribution >= 0.6 is 0 Å². The molecule has 0 amide bonds. The third-order valence-electron chi connectivity index (χ3n) is 2.51. The van der Waals surface area contributed by atoms with Gasteiger partial charge in [0, 0.05) is 12.4 Å². The van der Waals surface area contributed by atoms with E-state index in [1.54, 1.807) is 37.7 Å². The van der Waals surface area contributed by atoms with E-state index in [2.05, 4.69) is 4.98 Å². The van der Waals surface area contributed by atoms with Crippen LogP contribution in [0.15, 0.2) is 54.9 Å². The lowest BCUT2D eigenvalue weighted by atomic mass is 10.1. The highest BCUT2D eigenvalue weighted by Gasteiger charge is 2.07. The van der Waals surface area contributed by atoms with Crippen molar-refractivity contribution in [2.75, 3.05) is 7.11 Å². The molecule has 0 aliphatic carbocycles. The average Bonchev–Trinajstić information content (AvgIpc) is 2.45. The van der Waals surface area contributed by atoms with Crippen molar-refractivity contribution < 1.29 is 9.53 Å². The summed E-state index contributed by atoms with van der Waals surface area (Å²) in [7, 11) is 1.55. The number of carbonyl (C=O) groups excluding carboxylic acids is 1. The molecule has 0 aliphatic heterocycles. The van der Waals surface area contributed by atoms with Crippen LogP contribution in [0.5, 0.6) is 5.75 Å². The fourth-order valence-corrected chi connectivity index (χ4v) is 1.58. The molecule has 1 aromatic heterocycles. The summed E-state index contributed by atoms with van der Waals surface area (Å²) in [5, 5.41) is 0. The molecule has 0 aliphatic rings. The molecule has 0 atom stereocenters. The van der Waals surface area contributed by atoms with Gasteiger partial charge in [0.2, 0.25) is 0 Å². The molecule has 18 heavy (non-hydrogen) atoms. The van der Waals surface area contributed by atoms with Crippen LogP contribution < -0.4 is 4.74 Å². The molecule has 2 aromatic rings. The molecule has 0 saturated heterocycles. The lowest BCUT2D eigenvalue weighted by Crippen LogP contribution is -1.98. The number of nitrogens with zero attached hydrogens (tertiary/aromatic N) is 1. The third kappa shape index (κ3) is 2.83. The second kappa shape index (κ2) is 5.77. The molecule has 3 nitrogen and oxygen atoms in total. The number of carbonyl (C=O) groups is 1. The summed E-state index contributed by atoms with van der Waals surface area (Å²) in [6.07, 6.45) is 6.67. The number of benzene rings is 1. The normalized spacial score (nSPS) is 10.5. The fraction of sp³-hybridized carbons (Fsp3) is 0.0667. The minimum atomic E-state index is -0.0794. The van der Waals surface area contributed by atoms with Gasteiger partial charge < -0.3 is 4.74 Å². The standard InChI is InChI=1S/C15H13NO2/c1-18-15-5-3-2-4-13(15)14(17)7-6-12-8-10-16-11-9-12/h2-11H,1H3/b7-6+. The Labute approximate surface area is 106 Å². The van der Waals surface area contributed by atoms with Gasteiger partial charge in [-0.25, -0.2) is 0 Å². The molecular formula is C15H13NO2. The maximum absolute atomic E-state index is 12.0. The molecule has 0 spiro atoms. The Kier molecular flexibility index (Phi) is 3.86. The molecule has 2 rings (SSSR count). The lowest BCUT2D eigenvalue weighted by Gasteiger charge is -2.04. The van der Waals surface area contributed by atoms with Crippen molar-refractivity contribution in [2.45, 2.75) is 0 Å². The predicted molar refractivity (Wildman–Crippen MR) is 70.6 cm³/mol. The van der Waals surface area contributed by atoms with Crippen LogP contribution in [0.2, 0.25) is 0 Å². The monoisotopic (exact) mass is 239 g/mol. The first kappa shape index (κ1) is 12.0. The number of para-hydroxylation sites is 1. The minimum absolute atomic E-state index is 0.0794. The zero-order valence-electron chi connectivity index (χ0n) is 10.0. The molecule has 1 aromatic carbocycles. The molecule has 1 heterocycles. The Balaban J connectivity index is 2.20. The second-order valence-electron chi connectivity index (χ2n) is 3.68. The summed E-state index contributed by atoms with van der Waals surface area (Å²) >= 11 is 0. The Hall–Kier alpha value is -2.42. The molecule has 0 radical (unpaired) electrons. The molecular weight excluding hydrogens is 226 g/mol. The fourth-order valence-electron chi connectivity index (χ4n) is 1.58. The van der Waals surface area contributed by atoms with E-state index in [1.807, 2.05) is 24.3 Å². The van der Waals surface area contributed by atoms with Gasteiger partial charge in [-0.1, -0.05) is 18.2 Å². The number of methoxy groups -OCH3 is 1. The number of ether oxygens (including phenoxy) is 1. The number of hydrogen-bond acceptors (Lipinski definition) is 3. The number of hydrogen-bond donors (Lipinski definition) is 0. The van der Waals surface area contributed by atoms with Gasteiger partial charge in [-0.15, -0.1) is 0 Å². The van der Waals surface area contributed by atoms with Gasteiger partial charge >= 0.3 is 0 Å². The van der Waals surface area contributed by atoms with E-state index in [1.165, 1.54) is 6.08 Å². The summed E-state index contributed by atoms with van der Waals surface area (Å²) in [5.41, 5.74) is 1.50. The molecule has 90 valence electrons. The SMILES string of the molecule is COc1ccccc1C(=O)/C=C/c1ccncc1. The Morgan fingerprint density at radius 3 is 2.61 bits per heavy atom. The number of rotatable bonds is 4. The predicted octanol–water partition coefficient (Wildman–Crippen LogP) is 2.99. The van der Waals surface area contributed by atoms with Crippen LogP contribution in [0.4, 0.5) is 0 Å². The van der Waals surface area contributed by atoms with Crippen molar-refractivity contribution in [1.29, 1.82) is 0 Å². The summed E-state index contributed by atoms with van der Waals surface area (Å²) in [5.74, 6) is 0.506. The van der Waals surface area contributed by atoms with Gasteiger partial charge in [-0.2, -0.15) is 0 Å². The van der Waals surface area contributed by atoms with Gasteiger partial charge in [0.1, 0.15) is 5.75 Å². The topological polar surface area (TPSA) is 39.2 Å². The van der Waals surface area contributed by atoms with Crippen LogP contribution in [0.1, 0.15) is 15.9 Å². The Bertz CT molecular complexity index is 562. The van der Waals surface area contributed by atoms with Crippen molar-refractivity contribution >= 4 is 11.9 Å². The van der Waals surface area contributed by atoms with Gasteiger partial charge in [0.15, 0.2) is 5.78 Å². The Morgan fingerprint density at radius 1 is 1.17 bits per heavy atom. The largest absolute Gasteiger partial charge is 0.496 e. The smallest absolute Gasteiger partial charge is 0.189 e. The average molecular weight is 239 g/mol. The maximum atomic E-state index is 12.0. The van der Waals surface area contributed by atoms with E-state index < -0.39 is 0 Å². The summed E-state index contributed by atoms with van der Waals surface area (Å²) < 4.78 is 5.15. The maximum Gasteiger partial charge on any atom is 0.189 e. The summed E-state index contributed by atoms with van der Waals surface area (Å²) in [6.45, 7) is 0. The minimum Gasteiger partial charge on any atom is -0.496 e. The van der Waals surface area contributed by atoms with Gasteiger partial charge in [-0.3, -0.25) is 9.78 Å². The van der Waals surface area contributed by atoms with Crippen LogP contribution in [0.3, 0.4) is 0 Å². The van der Waals surface area contributed by atoms with Crippen LogP contribution in [-0.2, 0) is 0 Å². The number of aromatic nitrogens is 1. The second-order valence-corrected chi connectivity index (χ2v) is 3.68. The van der Waals surface area contributed by atoms with Gasteiger partial charge in [0.25, 0.3) is 0 Å². The molecule has 0 saturated carbocycles. The molecule has 0 N–H and O–H groups in total. The van der Waals surface area contributed by atoms with E-state index in [0.717, 1.165) is 5.56 Å². The van der Waals surface area contributed by atoms with E-state index >= 15 is 0 Å². The van der Waals surface area contributed by atoms with E-state index in [9.17, 15) is 4.79 Å². The number of ketones is 1. The zero-order valence-corrected chi connectivity index (χ0v) is 10.0. The Morgan fingerprint density at radius 2 is 1.89 bits per heavy atom. The highest BCUT2D eigenvalue weighted by atomic mass is 16.5. The van der Waals surface area contributed by atoms with Crippen molar-refractivity contribution in [1.82, 2.24) is 4.98 Å². The van der Waals surface area contributed by atoms with Crippen LogP contribution in [0.25, 0.3) is 6.08 Å². The number of pyridine rings is 1. The van der Waals surface area contributed by atoms with E-state index in [4.69, 9.17) is 4.74 Å². The lowest BCUT2D eigenvalue weighted by molar-refractivity contribution is 0.104. The molecule has 0 fully saturated rings. The van der Waals surface area contributed by atoms with Crippen molar-refractivity contribution in [3.63, 3.8) is 0 Å². The highest BCUT2D eigenvalue weighted by molar-refractivity contribution is 6.08. The quantitative estimate of drug-likeness (QED) is 0.608. The van der Waals surface area contributed by atoms with Crippen molar-refractivity contribution in [3.05, 3.63) is 66.0 Å². The first-order valence-electron chi connectivity index (χ1n) is 5.56. The van der Waals surface area contributed by atoms with Crippen molar-refractivity contribution in [3.8, 4) is 5.75 Å². The van der Waals surface area contributed by atoms with Crippen LogP contribution in [0, 0.1) is 0 Å². The summed E-state index contributed by atoms with van der Waals surface area (Å²) in [6, 6.07) is 10.8. The van der Waals surface area contributed by atoms with Crippen LogP contribution in [-0.4, -0.2) is 17.9 Å². The zero-order chi connectivity index (χ0) is 12.8. The number of allylic oxidation sites excluding steroid dienone is 1.